The topological polar surface area (TPSA) is 172 Å². The standard InChI is InChI=1S/C37H70NO10P/c1-3-5-7-9-11-13-14-15-16-17-18-19-20-21-23-25-27-29-36(40)48-33(31-46-49(43,44)47-32-34(38)37(41)42)30-45-35(39)28-26-24-22-12-10-8-6-4-2/h15-16,33-34H,3-14,17-32,38H2,1-2H3,(H,41,42)(H,43,44)/b16-15+/t33-,34-/m0/s1. The molecule has 0 heterocycles. The number of esters is 2. The maximum atomic E-state index is 12.5. The zero-order valence-corrected chi connectivity index (χ0v) is 31.7. The Balaban J connectivity index is 4.36. The number of carboxylic acid groups (broad SMARTS) is 1. The summed E-state index contributed by atoms with van der Waals surface area (Å²) in [5.74, 6) is -2.38. The molecule has 0 spiro atoms. The van der Waals surface area contributed by atoms with Crippen LogP contribution >= 0.6 is 7.82 Å². The molecule has 0 aliphatic carbocycles. The van der Waals surface area contributed by atoms with E-state index >= 15 is 0 Å². The minimum Gasteiger partial charge on any atom is -0.480 e. The van der Waals surface area contributed by atoms with Crippen molar-refractivity contribution >= 4 is 25.7 Å². The van der Waals surface area contributed by atoms with Crippen LogP contribution in [0.2, 0.25) is 0 Å². The molecule has 11 nitrogen and oxygen atoms in total. The molecule has 0 amide bonds. The molecule has 0 aliphatic heterocycles. The average molecular weight is 720 g/mol. The van der Waals surface area contributed by atoms with Crippen molar-refractivity contribution in [1.29, 1.82) is 0 Å². The lowest BCUT2D eigenvalue weighted by molar-refractivity contribution is -0.161. The van der Waals surface area contributed by atoms with E-state index in [1.807, 2.05) is 0 Å². The zero-order valence-electron chi connectivity index (χ0n) is 30.8. The fraction of sp³-hybridized carbons (Fsp3) is 0.865. The molecule has 0 aromatic carbocycles. The Morgan fingerprint density at radius 2 is 1.02 bits per heavy atom. The number of phosphoric acid groups is 1. The van der Waals surface area contributed by atoms with Gasteiger partial charge in [0.1, 0.15) is 12.6 Å². The van der Waals surface area contributed by atoms with Crippen LogP contribution in [-0.2, 0) is 37.5 Å². The molecule has 1 unspecified atom stereocenters. The summed E-state index contributed by atoms with van der Waals surface area (Å²) in [4.78, 5) is 45.6. The van der Waals surface area contributed by atoms with Gasteiger partial charge in [-0.3, -0.25) is 23.4 Å². The summed E-state index contributed by atoms with van der Waals surface area (Å²) in [6.45, 7) is 2.75. The number of rotatable bonds is 36. The summed E-state index contributed by atoms with van der Waals surface area (Å²) in [6.07, 6.45) is 30.1. The number of carbonyl (C=O) groups is 3. The summed E-state index contributed by atoms with van der Waals surface area (Å²) in [7, 11) is -4.70. The van der Waals surface area contributed by atoms with Crippen molar-refractivity contribution in [1.82, 2.24) is 0 Å². The first-order valence-corrected chi connectivity index (χ1v) is 20.7. The number of allylic oxidation sites excluding steroid dienone is 2. The van der Waals surface area contributed by atoms with Gasteiger partial charge in [0.2, 0.25) is 0 Å². The van der Waals surface area contributed by atoms with Gasteiger partial charge in [-0.2, -0.15) is 0 Å². The first kappa shape index (κ1) is 47.2. The minimum absolute atomic E-state index is 0.160. The molecule has 0 aromatic heterocycles. The molecule has 12 heteroatoms. The highest BCUT2D eigenvalue weighted by Crippen LogP contribution is 2.43. The van der Waals surface area contributed by atoms with E-state index in [0.717, 1.165) is 44.9 Å². The average Bonchev–Trinajstić information content (AvgIpc) is 3.07. The third-order valence-corrected chi connectivity index (χ3v) is 9.21. The van der Waals surface area contributed by atoms with Gasteiger partial charge in [-0.05, 0) is 38.5 Å². The van der Waals surface area contributed by atoms with E-state index in [2.05, 4.69) is 30.5 Å². The third kappa shape index (κ3) is 33.1. The maximum Gasteiger partial charge on any atom is 0.472 e. The second-order valence-electron chi connectivity index (χ2n) is 13.1. The van der Waals surface area contributed by atoms with Gasteiger partial charge in [0.15, 0.2) is 6.10 Å². The van der Waals surface area contributed by atoms with Crippen molar-refractivity contribution in [2.45, 2.75) is 187 Å². The number of hydrogen-bond donors (Lipinski definition) is 3. The van der Waals surface area contributed by atoms with Gasteiger partial charge in [-0.25, -0.2) is 4.57 Å². The van der Waals surface area contributed by atoms with E-state index < -0.39 is 51.1 Å². The lowest BCUT2D eigenvalue weighted by Crippen LogP contribution is -2.34. The van der Waals surface area contributed by atoms with E-state index in [0.29, 0.717) is 12.8 Å². The SMILES string of the molecule is CCCCCCCC/C=C/CCCCCCCCCC(=O)O[C@@H](COC(=O)CCCCCCCCCC)COP(=O)(O)OC[C@H](N)C(=O)O. The predicted octanol–water partition coefficient (Wildman–Crippen LogP) is 9.34. The van der Waals surface area contributed by atoms with Crippen LogP contribution in [0, 0.1) is 0 Å². The third-order valence-electron chi connectivity index (χ3n) is 8.26. The monoisotopic (exact) mass is 719 g/mol. The summed E-state index contributed by atoms with van der Waals surface area (Å²) < 4.78 is 32.5. The maximum absolute atomic E-state index is 12.5. The molecular weight excluding hydrogens is 649 g/mol. The number of ether oxygens (including phenoxy) is 2. The number of hydrogen-bond acceptors (Lipinski definition) is 9. The molecule has 0 aromatic rings. The second-order valence-corrected chi connectivity index (χ2v) is 14.5. The van der Waals surface area contributed by atoms with Crippen LogP contribution in [0.5, 0.6) is 0 Å². The van der Waals surface area contributed by atoms with Crippen LogP contribution in [0.1, 0.15) is 174 Å². The lowest BCUT2D eigenvalue weighted by Gasteiger charge is -2.20. The van der Waals surface area contributed by atoms with E-state index in [-0.39, 0.29) is 19.4 Å². The Morgan fingerprint density at radius 3 is 1.49 bits per heavy atom. The lowest BCUT2D eigenvalue weighted by atomic mass is 10.1. The highest BCUT2D eigenvalue weighted by Gasteiger charge is 2.28. The molecule has 0 aliphatic rings. The number of unbranched alkanes of at least 4 members (excludes halogenated alkanes) is 20. The summed E-state index contributed by atoms with van der Waals surface area (Å²) in [5, 5.41) is 8.84. The van der Waals surface area contributed by atoms with Gasteiger partial charge in [-0.1, -0.05) is 135 Å². The van der Waals surface area contributed by atoms with Crippen LogP contribution in [0.4, 0.5) is 0 Å². The van der Waals surface area contributed by atoms with Crippen molar-refractivity contribution < 1.29 is 47.5 Å². The Kier molecular flexibility index (Phi) is 32.2. The van der Waals surface area contributed by atoms with Gasteiger partial charge in [-0.15, -0.1) is 0 Å². The van der Waals surface area contributed by atoms with E-state index in [4.69, 9.17) is 24.8 Å². The molecule has 0 radical (unpaired) electrons. The van der Waals surface area contributed by atoms with Crippen LogP contribution in [0.15, 0.2) is 12.2 Å². The summed E-state index contributed by atoms with van der Waals surface area (Å²) in [6, 6.07) is -1.52. The number of phosphoric ester groups is 1. The summed E-state index contributed by atoms with van der Waals surface area (Å²) >= 11 is 0. The molecule has 288 valence electrons. The van der Waals surface area contributed by atoms with Crippen molar-refractivity contribution in [3.8, 4) is 0 Å². The molecule has 49 heavy (non-hydrogen) atoms. The minimum atomic E-state index is -4.70. The van der Waals surface area contributed by atoms with E-state index in [9.17, 15) is 23.8 Å². The Labute approximate surface area is 297 Å². The van der Waals surface area contributed by atoms with Crippen LogP contribution < -0.4 is 5.73 Å². The van der Waals surface area contributed by atoms with Gasteiger partial charge in [0, 0.05) is 12.8 Å². The normalized spacial score (nSPS) is 14.0. The number of nitrogens with two attached hydrogens (primary N) is 1. The van der Waals surface area contributed by atoms with E-state index in [1.165, 1.54) is 89.9 Å². The molecule has 0 bridgehead atoms. The summed E-state index contributed by atoms with van der Waals surface area (Å²) in [5.41, 5.74) is 5.31. The van der Waals surface area contributed by atoms with Crippen LogP contribution in [0.3, 0.4) is 0 Å². The van der Waals surface area contributed by atoms with Crippen molar-refractivity contribution in [3.63, 3.8) is 0 Å². The molecule has 0 fully saturated rings. The van der Waals surface area contributed by atoms with Gasteiger partial charge >= 0.3 is 25.7 Å². The molecular formula is C37H70NO10P. The molecule has 4 N–H and O–H groups in total. The fourth-order valence-corrected chi connectivity index (χ4v) is 5.95. The van der Waals surface area contributed by atoms with Crippen molar-refractivity contribution in [2.24, 2.45) is 5.73 Å². The quantitative estimate of drug-likeness (QED) is 0.0244. The first-order valence-electron chi connectivity index (χ1n) is 19.2. The molecule has 0 saturated heterocycles. The smallest absolute Gasteiger partial charge is 0.472 e. The predicted molar refractivity (Wildman–Crippen MR) is 194 cm³/mol. The van der Waals surface area contributed by atoms with E-state index in [1.54, 1.807) is 0 Å². The number of aliphatic carboxylic acids is 1. The number of carboxylic acids is 1. The largest absolute Gasteiger partial charge is 0.480 e. The van der Waals surface area contributed by atoms with Crippen molar-refractivity contribution in [2.75, 3.05) is 19.8 Å². The molecule has 3 atom stereocenters. The van der Waals surface area contributed by atoms with Gasteiger partial charge in [0.05, 0.1) is 13.2 Å². The highest BCUT2D eigenvalue weighted by molar-refractivity contribution is 7.47. The number of carbonyl (C=O) groups excluding carboxylic acids is 2. The Morgan fingerprint density at radius 1 is 0.612 bits per heavy atom. The van der Waals surface area contributed by atoms with Gasteiger partial charge < -0.3 is 25.2 Å². The van der Waals surface area contributed by atoms with Crippen LogP contribution in [-0.4, -0.2) is 59.9 Å². The highest BCUT2D eigenvalue weighted by atomic mass is 31.2. The molecule has 0 saturated carbocycles. The zero-order chi connectivity index (χ0) is 36.4. The second kappa shape index (κ2) is 33.4. The fourth-order valence-electron chi connectivity index (χ4n) is 5.18. The molecule has 0 rings (SSSR count). The Bertz CT molecular complexity index is 900. The first-order chi connectivity index (χ1) is 23.6. The van der Waals surface area contributed by atoms with Crippen LogP contribution in [0.25, 0.3) is 0 Å². The Hall–Kier alpha value is -1.78. The van der Waals surface area contributed by atoms with Crippen molar-refractivity contribution in [3.05, 3.63) is 12.2 Å². The van der Waals surface area contributed by atoms with Gasteiger partial charge in [0.25, 0.3) is 0 Å².